The van der Waals surface area contributed by atoms with Gasteiger partial charge >= 0.3 is 5.97 Å². The van der Waals surface area contributed by atoms with Gasteiger partial charge in [0.1, 0.15) is 5.69 Å². The second-order valence-corrected chi connectivity index (χ2v) is 5.11. The zero-order valence-electron chi connectivity index (χ0n) is 12.4. The molecule has 0 fully saturated rings. The molecule has 0 atom stereocenters. The first-order chi connectivity index (χ1) is 9.85. The molecule has 0 bridgehead atoms. The number of nitrogens with zero attached hydrogens (tertiary/aromatic N) is 2. The van der Waals surface area contributed by atoms with E-state index in [1.165, 1.54) is 12.1 Å². The highest BCUT2D eigenvalue weighted by molar-refractivity contribution is 5.85. The minimum absolute atomic E-state index is 0.00922. The van der Waals surface area contributed by atoms with E-state index in [0.29, 0.717) is 23.7 Å². The standard InChI is InChI=1S/C15H20N2O4/c1-4-16(10-11(2)3)13-7-5-12(6-8-15(18)19)9-14(13)17(20)21/h5-9,11H,4,10H2,1-3H3,(H,18,19)/b8-6+. The highest BCUT2D eigenvalue weighted by Gasteiger charge is 2.19. The Hall–Kier alpha value is -2.37. The molecule has 0 aliphatic heterocycles. The lowest BCUT2D eigenvalue weighted by Crippen LogP contribution is -2.27. The molecule has 0 amide bonds. The maximum Gasteiger partial charge on any atom is 0.328 e. The van der Waals surface area contributed by atoms with Crippen LogP contribution in [-0.4, -0.2) is 29.1 Å². The van der Waals surface area contributed by atoms with E-state index in [0.717, 1.165) is 12.6 Å². The van der Waals surface area contributed by atoms with Gasteiger partial charge in [0, 0.05) is 25.2 Å². The summed E-state index contributed by atoms with van der Waals surface area (Å²) < 4.78 is 0. The SMILES string of the molecule is CCN(CC(C)C)c1ccc(/C=C/C(=O)O)cc1[N+](=O)[O-]. The Morgan fingerprint density at radius 1 is 1.48 bits per heavy atom. The number of benzene rings is 1. The molecule has 114 valence electrons. The van der Waals surface area contributed by atoms with Gasteiger partial charge in [-0.05, 0) is 30.5 Å². The van der Waals surface area contributed by atoms with E-state index in [1.54, 1.807) is 12.1 Å². The summed E-state index contributed by atoms with van der Waals surface area (Å²) >= 11 is 0. The van der Waals surface area contributed by atoms with Crippen molar-refractivity contribution in [3.8, 4) is 0 Å². The molecule has 0 radical (unpaired) electrons. The Morgan fingerprint density at radius 2 is 2.14 bits per heavy atom. The van der Waals surface area contributed by atoms with Gasteiger partial charge in [-0.3, -0.25) is 10.1 Å². The van der Waals surface area contributed by atoms with Crippen LogP contribution in [-0.2, 0) is 4.79 Å². The van der Waals surface area contributed by atoms with Crippen molar-refractivity contribution in [2.45, 2.75) is 20.8 Å². The Morgan fingerprint density at radius 3 is 2.62 bits per heavy atom. The maximum atomic E-state index is 11.3. The molecule has 0 aliphatic rings. The number of hydrogen-bond donors (Lipinski definition) is 1. The largest absolute Gasteiger partial charge is 0.478 e. The monoisotopic (exact) mass is 292 g/mol. The van der Waals surface area contributed by atoms with Crippen LogP contribution >= 0.6 is 0 Å². The zero-order valence-corrected chi connectivity index (χ0v) is 12.4. The lowest BCUT2D eigenvalue weighted by Gasteiger charge is -2.24. The Kier molecular flexibility index (Phi) is 5.90. The van der Waals surface area contributed by atoms with Crippen LogP contribution in [0.3, 0.4) is 0 Å². The summed E-state index contributed by atoms with van der Waals surface area (Å²) in [5.41, 5.74) is 1.04. The normalized spacial score (nSPS) is 11.0. The molecule has 6 nitrogen and oxygen atoms in total. The molecule has 0 heterocycles. The van der Waals surface area contributed by atoms with Crippen LogP contribution in [0.5, 0.6) is 0 Å². The molecular weight excluding hydrogens is 272 g/mol. The summed E-state index contributed by atoms with van der Waals surface area (Å²) in [7, 11) is 0. The summed E-state index contributed by atoms with van der Waals surface area (Å²) in [6.07, 6.45) is 2.31. The molecule has 0 saturated carbocycles. The molecule has 1 N–H and O–H groups in total. The molecule has 1 rings (SSSR count). The number of carboxylic acids is 1. The van der Waals surface area contributed by atoms with E-state index >= 15 is 0 Å². The van der Waals surface area contributed by atoms with Gasteiger partial charge in [-0.1, -0.05) is 19.9 Å². The number of carbonyl (C=O) groups is 1. The van der Waals surface area contributed by atoms with Crippen molar-refractivity contribution in [3.05, 3.63) is 40.0 Å². The number of nitro benzene ring substituents is 1. The average Bonchev–Trinajstić information content (AvgIpc) is 2.42. The minimum atomic E-state index is -1.09. The third-order valence-electron chi connectivity index (χ3n) is 2.92. The predicted molar refractivity (Wildman–Crippen MR) is 82.5 cm³/mol. The number of hydrogen-bond acceptors (Lipinski definition) is 4. The summed E-state index contributed by atoms with van der Waals surface area (Å²) in [5, 5.41) is 19.9. The zero-order chi connectivity index (χ0) is 16.0. The average molecular weight is 292 g/mol. The van der Waals surface area contributed by atoms with Crippen molar-refractivity contribution in [1.29, 1.82) is 0 Å². The fourth-order valence-corrected chi connectivity index (χ4v) is 2.06. The van der Waals surface area contributed by atoms with E-state index in [-0.39, 0.29) is 5.69 Å². The topological polar surface area (TPSA) is 83.7 Å². The van der Waals surface area contributed by atoms with Crippen molar-refractivity contribution in [2.24, 2.45) is 5.92 Å². The molecule has 0 unspecified atom stereocenters. The van der Waals surface area contributed by atoms with Gasteiger partial charge in [0.05, 0.1) is 4.92 Å². The second-order valence-electron chi connectivity index (χ2n) is 5.11. The second kappa shape index (κ2) is 7.42. The summed E-state index contributed by atoms with van der Waals surface area (Å²) in [6.45, 7) is 7.45. The van der Waals surface area contributed by atoms with E-state index in [1.807, 2.05) is 11.8 Å². The summed E-state index contributed by atoms with van der Waals surface area (Å²) in [5.74, 6) is -0.701. The van der Waals surface area contributed by atoms with Gasteiger partial charge in [-0.15, -0.1) is 0 Å². The molecular formula is C15H20N2O4. The summed E-state index contributed by atoms with van der Waals surface area (Å²) in [4.78, 5) is 23.3. The molecule has 1 aromatic rings. The molecule has 0 aliphatic carbocycles. The van der Waals surface area contributed by atoms with Crippen molar-refractivity contribution in [3.63, 3.8) is 0 Å². The third kappa shape index (κ3) is 4.91. The number of rotatable bonds is 7. The first kappa shape index (κ1) is 16.7. The van der Waals surface area contributed by atoms with Crippen molar-refractivity contribution in [2.75, 3.05) is 18.0 Å². The third-order valence-corrected chi connectivity index (χ3v) is 2.92. The van der Waals surface area contributed by atoms with Crippen molar-refractivity contribution in [1.82, 2.24) is 0 Å². The molecule has 0 saturated heterocycles. The smallest absolute Gasteiger partial charge is 0.328 e. The van der Waals surface area contributed by atoms with E-state index < -0.39 is 10.9 Å². The lowest BCUT2D eigenvalue weighted by molar-refractivity contribution is -0.384. The maximum absolute atomic E-state index is 11.3. The highest BCUT2D eigenvalue weighted by Crippen LogP contribution is 2.30. The van der Waals surface area contributed by atoms with Crippen LogP contribution in [0.2, 0.25) is 0 Å². The first-order valence-corrected chi connectivity index (χ1v) is 6.79. The fourth-order valence-electron chi connectivity index (χ4n) is 2.06. The van der Waals surface area contributed by atoms with Crippen LogP contribution in [0.25, 0.3) is 6.08 Å². The number of anilines is 1. The fraction of sp³-hybridized carbons (Fsp3) is 0.400. The van der Waals surface area contributed by atoms with Gasteiger partial charge in [-0.25, -0.2) is 4.79 Å². The van der Waals surface area contributed by atoms with Crippen molar-refractivity contribution < 1.29 is 14.8 Å². The van der Waals surface area contributed by atoms with Crippen LogP contribution in [0, 0.1) is 16.0 Å². The first-order valence-electron chi connectivity index (χ1n) is 6.79. The molecule has 0 spiro atoms. The quantitative estimate of drug-likeness (QED) is 0.474. The van der Waals surface area contributed by atoms with Gasteiger partial charge in [0.2, 0.25) is 0 Å². The van der Waals surface area contributed by atoms with Gasteiger partial charge < -0.3 is 10.0 Å². The highest BCUT2D eigenvalue weighted by atomic mass is 16.6. The molecule has 0 aromatic heterocycles. The Labute approximate surface area is 123 Å². The van der Waals surface area contributed by atoms with Crippen LogP contribution in [0.4, 0.5) is 11.4 Å². The lowest BCUT2D eigenvalue weighted by atomic mass is 10.1. The molecule has 6 heteroatoms. The van der Waals surface area contributed by atoms with Crippen LogP contribution < -0.4 is 4.90 Å². The van der Waals surface area contributed by atoms with Gasteiger partial charge in [0.15, 0.2) is 0 Å². The number of aliphatic carboxylic acids is 1. The van der Waals surface area contributed by atoms with Crippen LogP contribution in [0.1, 0.15) is 26.3 Å². The van der Waals surface area contributed by atoms with Crippen molar-refractivity contribution >= 4 is 23.4 Å². The molecule has 21 heavy (non-hydrogen) atoms. The predicted octanol–water partition coefficient (Wildman–Crippen LogP) is 3.17. The Bertz CT molecular complexity index is 553. The van der Waals surface area contributed by atoms with Gasteiger partial charge in [-0.2, -0.15) is 0 Å². The number of nitro groups is 1. The number of carboxylic acid groups (broad SMARTS) is 1. The van der Waals surface area contributed by atoms with Gasteiger partial charge in [0.25, 0.3) is 5.69 Å². The minimum Gasteiger partial charge on any atom is -0.478 e. The van der Waals surface area contributed by atoms with Crippen LogP contribution in [0.15, 0.2) is 24.3 Å². The van der Waals surface area contributed by atoms with E-state index in [2.05, 4.69) is 13.8 Å². The molecule has 1 aromatic carbocycles. The van der Waals surface area contributed by atoms with E-state index in [9.17, 15) is 14.9 Å². The summed E-state index contributed by atoms with van der Waals surface area (Å²) in [6, 6.07) is 4.76. The Balaban J connectivity index is 3.20. The van der Waals surface area contributed by atoms with E-state index in [4.69, 9.17) is 5.11 Å².